The zero-order valence-electron chi connectivity index (χ0n) is 11.7. The molecular weight excluding hydrogens is 232 g/mol. The summed E-state index contributed by atoms with van der Waals surface area (Å²) < 4.78 is 0. The van der Waals surface area contributed by atoms with Gasteiger partial charge in [-0.2, -0.15) is 0 Å². The maximum absolute atomic E-state index is 11.7. The van der Waals surface area contributed by atoms with Crippen LogP contribution in [-0.4, -0.2) is 29.1 Å². The second-order valence-corrected chi connectivity index (χ2v) is 5.02. The Balaban J connectivity index is 3.93. The first-order valence-corrected chi connectivity index (χ1v) is 6.62. The standard InChI is InChI=1S/C13H26N2O3/c1-4-10(6-7-11(16)17)8-9-15-12(18)13(3,14)5-2/h10H,4-9,14H2,1-3H3,(H,15,18)(H,16,17). The lowest BCUT2D eigenvalue weighted by atomic mass is 9.96. The predicted molar refractivity (Wildman–Crippen MR) is 71.2 cm³/mol. The first-order valence-electron chi connectivity index (χ1n) is 6.62. The number of rotatable bonds is 9. The summed E-state index contributed by atoms with van der Waals surface area (Å²) in [6.07, 6.45) is 3.17. The lowest BCUT2D eigenvalue weighted by molar-refractivity contribution is -0.137. The summed E-state index contributed by atoms with van der Waals surface area (Å²) in [5, 5.41) is 11.4. The van der Waals surface area contributed by atoms with Crippen molar-refractivity contribution in [3.05, 3.63) is 0 Å². The topological polar surface area (TPSA) is 92.4 Å². The smallest absolute Gasteiger partial charge is 0.303 e. The van der Waals surface area contributed by atoms with Gasteiger partial charge in [0.15, 0.2) is 0 Å². The largest absolute Gasteiger partial charge is 0.481 e. The number of aliphatic carboxylic acids is 1. The van der Waals surface area contributed by atoms with E-state index in [4.69, 9.17) is 10.8 Å². The summed E-state index contributed by atoms with van der Waals surface area (Å²) in [5.41, 5.74) is 5.00. The summed E-state index contributed by atoms with van der Waals surface area (Å²) in [5.74, 6) is -0.567. The van der Waals surface area contributed by atoms with Crippen LogP contribution in [0.2, 0.25) is 0 Å². The van der Waals surface area contributed by atoms with Crippen molar-refractivity contribution in [1.29, 1.82) is 0 Å². The molecular formula is C13H26N2O3. The number of hydrogen-bond donors (Lipinski definition) is 3. The highest BCUT2D eigenvalue weighted by Crippen LogP contribution is 2.15. The van der Waals surface area contributed by atoms with E-state index in [1.807, 2.05) is 13.8 Å². The Labute approximate surface area is 109 Å². The van der Waals surface area contributed by atoms with Crippen molar-refractivity contribution in [2.24, 2.45) is 11.7 Å². The summed E-state index contributed by atoms with van der Waals surface area (Å²) in [6.45, 7) is 6.18. The molecule has 0 aliphatic carbocycles. The van der Waals surface area contributed by atoms with E-state index in [1.54, 1.807) is 6.92 Å². The number of nitrogens with two attached hydrogens (primary N) is 1. The van der Waals surface area contributed by atoms with E-state index in [9.17, 15) is 9.59 Å². The third kappa shape index (κ3) is 6.59. The molecule has 0 aliphatic heterocycles. The van der Waals surface area contributed by atoms with Gasteiger partial charge in [-0.3, -0.25) is 9.59 Å². The molecule has 0 bridgehead atoms. The second kappa shape index (κ2) is 8.08. The van der Waals surface area contributed by atoms with E-state index < -0.39 is 11.5 Å². The normalized spacial score (nSPS) is 15.8. The van der Waals surface area contributed by atoms with Gasteiger partial charge in [0.05, 0.1) is 5.54 Å². The number of carboxylic acids is 1. The van der Waals surface area contributed by atoms with Crippen LogP contribution in [0.15, 0.2) is 0 Å². The van der Waals surface area contributed by atoms with Gasteiger partial charge in [0.1, 0.15) is 0 Å². The van der Waals surface area contributed by atoms with Crippen molar-refractivity contribution in [3.8, 4) is 0 Å². The van der Waals surface area contributed by atoms with Crippen LogP contribution in [0.1, 0.15) is 52.9 Å². The fraction of sp³-hybridized carbons (Fsp3) is 0.846. The molecule has 0 rings (SSSR count). The minimum atomic E-state index is -0.817. The van der Waals surface area contributed by atoms with Gasteiger partial charge in [0, 0.05) is 13.0 Å². The fourth-order valence-corrected chi connectivity index (χ4v) is 1.63. The Kier molecular flexibility index (Phi) is 7.59. The number of hydrogen-bond acceptors (Lipinski definition) is 3. The molecule has 0 aromatic rings. The van der Waals surface area contributed by atoms with Gasteiger partial charge in [-0.05, 0) is 32.1 Å². The van der Waals surface area contributed by atoms with Crippen LogP contribution >= 0.6 is 0 Å². The van der Waals surface area contributed by atoms with E-state index in [0.29, 0.717) is 25.3 Å². The molecule has 106 valence electrons. The van der Waals surface area contributed by atoms with Crippen LogP contribution in [0.4, 0.5) is 0 Å². The first-order chi connectivity index (χ1) is 8.33. The number of amides is 1. The molecule has 5 nitrogen and oxygen atoms in total. The molecule has 1 amide bonds. The van der Waals surface area contributed by atoms with E-state index in [0.717, 1.165) is 12.8 Å². The van der Waals surface area contributed by atoms with Crippen molar-refractivity contribution < 1.29 is 14.7 Å². The van der Waals surface area contributed by atoms with Gasteiger partial charge in [0.2, 0.25) is 5.91 Å². The number of nitrogens with one attached hydrogen (secondary N) is 1. The van der Waals surface area contributed by atoms with E-state index >= 15 is 0 Å². The van der Waals surface area contributed by atoms with Crippen LogP contribution in [-0.2, 0) is 9.59 Å². The summed E-state index contributed by atoms with van der Waals surface area (Å²) in [7, 11) is 0. The van der Waals surface area contributed by atoms with Crippen molar-refractivity contribution in [2.45, 2.75) is 58.4 Å². The number of carbonyl (C=O) groups excluding carboxylic acids is 1. The molecule has 0 heterocycles. The van der Waals surface area contributed by atoms with Crippen LogP contribution in [0.5, 0.6) is 0 Å². The van der Waals surface area contributed by atoms with Gasteiger partial charge in [-0.15, -0.1) is 0 Å². The highest BCUT2D eigenvalue weighted by atomic mass is 16.4. The fourth-order valence-electron chi connectivity index (χ4n) is 1.63. The average molecular weight is 258 g/mol. The first kappa shape index (κ1) is 16.9. The zero-order chi connectivity index (χ0) is 14.2. The summed E-state index contributed by atoms with van der Waals surface area (Å²) >= 11 is 0. The Hall–Kier alpha value is -1.10. The van der Waals surface area contributed by atoms with E-state index in [1.165, 1.54) is 0 Å². The molecule has 0 radical (unpaired) electrons. The van der Waals surface area contributed by atoms with E-state index in [-0.39, 0.29) is 12.3 Å². The van der Waals surface area contributed by atoms with Gasteiger partial charge in [-0.25, -0.2) is 0 Å². The average Bonchev–Trinajstić information content (AvgIpc) is 2.32. The summed E-state index contributed by atoms with van der Waals surface area (Å²) in [6, 6.07) is 0. The molecule has 4 N–H and O–H groups in total. The van der Waals surface area contributed by atoms with E-state index in [2.05, 4.69) is 5.32 Å². The maximum atomic E-state index is 11.7. The highest BCUT2D eigenvalue weighted by Gasteiger charge is 2.25. The Morgan fingerprint density at radius 1 is 1.33 bits per heavy atom. The van der Waals surface area contributed by atoms with Crippen LogP contribution in [0.25, 0.3) is 0 Å². The molecule has 0 saturated carbocycles. The monoisotopic (exact) mass is 258 g/mol. The van der Waals surface area contributed by atoms with Crippen molar-refractivity contribution in [2.75, 3.05) is 6.54 Å². The summed E-state index contributed by atoms with van der Waals surface area (Å²) in [4.78, 5) is 22.2. The Morgan fingerprint density at radius 3 is 2.39 bits per heavy atom. The molecule has 5 heteroatoms. The SMILES string of the molecule is CCC(CCNC(=O)C(C)(N)CC)CCC(=O)O. The Morgan fingerprint density at radius 2 is 1.94 bits per heavy atom. The molecule has 2 atom stereocenters. The maximum Gasteiger partial charge on any atom is 0.303 e. The molecule has 0 aromatic carbocycles. The minimum absolute atomic E-state index is 0.141. The molecule has 2 unspecified atom stereocenters. The van der Waals surface area contributed by atoms with Crippen molar-refractivity contribution in [1.82, 2.24) is 5.32 Å². The van der Waals surface area contributed by atoms with Crippen LogP contribution in [0, 0.1) is 5.92 Å². The van der Waals surface area contributed by atoms with Gasteiger partial charge < -0.3 is 16.2 Å². The highest BCUT2D eigenvalue weighted by molar-refractivity contribution is 5.85. The minimum Gasteiger partial charge on any atom is -0.481 e. The zero-order valence-corrected chi connectivity index (χ0v) is 11.7. The van der Waals surface area contributed by atoms with Crippen LogP contribution in [0.3, 0.4) is 0 Å². The molecule has 0 aromatic heterocycles. The molecule has 0 saturated heterocycles. The quantitative estimate of drug-likeness (QED) is 0.584. The second-order valence-electron chi connectivity index (χ2n) is 5.02. The molecule has 0 spiro atoms. The van der Waals surface area contributed by atoms with Gasteiger partial charge in [-0.1, -0.05) is 20.3 Å². The molecule has 0 fully saturated rings. The van der Waals surface area contributed by atoms with Crippen LogP contribution < -0.4 is 11.1 Å². The molecule has 18 heavy (non-hydrogen) atoms. The van der Waals surface area contributed by atoms with Gasteiger partial charge in [0.25, 0.3) is 0 Å². The third-order valence-electron chi connectivity index (χ3n) is 3.44. The number of carboxylic acid groups (broad SMARTS) is 1. The number of carbonyl (C=O) groups is 2. The Bertz CT molecular complexity index is 277. The van der Waals surface area contributed by atoms with Crippen molar-refractivity contribution in [3.63, 3.8) is 0 Å². The lowest BCUT2D eigenvalue weighted by Crippen LogP contribution is -2.51. The van der Waals surface area contributed by atoms with Gasteiger partial charge >= 0.3 is 5.97 Å². The lowest BCUT2D eigenvalue weighted by Gasteiger charge is -2.22. The predicted octanol–water partition coefficient (Wildman–Crippen LogP) is 1.51. The molecule has 0 aliphatic rings. The third-order valence-corrected chi connectivity index (χ3v) is 3.44. The van der Waals surface area contributed by atoms with Crippen molar-refractivity contribution >= 4 is 11.9 Å².